The molecule has 2 aliphatic rings. The van der Waals surface area contributed by atoms with Crippen LogP contribution in [-0.4, -0.2) is 13.7 Å². The quantitative estimate of drug-likeness (QED) is 0.728. The van der Waals surface area contributed by atoms with Gasteiger partial charge in [-0.1, -0.05) is 0 Å². The molecular formula is C13H16O3. The number of fused-ring (bicyclic) bond motifs is 2. The van der Waals surface area contributed by atoms with E-state index in [0.29, 0.717) is 6.61 Å². The minimum absolute atomic E-state index is 0.458. The predicted octanol–water partition coefficient (Wildman–Crippen LogP) is 2.58. The summed E-state index contributed by atoms with van der Waals surface area (Å²) in [5.41, 5.74) is 2.38. The van der Waals surface area contributed by atoms with Crippen molar-refractivity contribution in [1.82, 2.24) is 0 Å². The third-order valence-electron chi connectivity index (χ3n) is 3.42. The van der Waals surface area contributed by atoms with Crippen molar-refractivity contribution >= 4 is 0 Å². The standard InChI is InChI=1S/C13H16O3/c1-14-11-4-5-12-10(8-11)9-16-13(12)6-2-3-7-15-13/h4-5,8H,2-3,6-7,9H2,1H3. The highest BCUT2D eigenvalue weighted by Gasteiger charge is 2.42. The van der Waals surface area contributed by atoms with Crippen LogP contribution in [0.3, 0.4) is 0 Å². The summed E-state index contributed by atoms with van der Waals surface area (Å²) in [6.45, 7) is 1.43. The van der Waals surface area contributed by atoms with Crippen LogP contribution in [0.1, 0.15) is 30.4 Å². The summed E-state index contributed by atoms with van der Waals surface area (Å²) in [5, 5.41) is 0. The Bertz CT molecular complexity index is 394. The monoisotopic (exact) mass is 220 g/mol. The number of hydrogen-bond donors (Lipinski definition) is 0. The topological polar surface area (TPSA) is 27.7 Å². The Morgan fingerprint density at radius 2 is 2.19 bits per heavy atom. The number of ether oxygens (including phenoxy) is 3. The van der Waals surface area contributed by atoms with Gasteiger partial charge in [-0.25, -0.2) is 0 Å². The summed E-state index contributed by atoms with van der Waals surface area (Å²) in [6.07, 6.45) is 3.27. The van der Waals surface area contributed by atoms with Crippen LogP contribution in [0.25, 0.3) is 0 Å². The van der Waals surface area contributed by atoms with E-state index < -0.39 is 5.79 Å². The molecule has 0 bridgehead atoms. The van der Waals surface area contributed by atoms with Crippen molar-refractivity contribution in [1.29, 1.82) is 0 Å². The molecule has 1 saturated heterocycles. The molecule has 0 amide bonds. The highest BCUT2D eigenvalue weighted by atomic mass is 16.7. The van der Waals surface area contributed by atoms with Crippen LogP contribution in [0.15, 0.2) is 18.2 Å². The smallest absolute Gasteiger partial charge is 0.195 e. The van der Waals surface area contributed by atoms with E-state index in [1.807, 2.05) is 12.1 Å². The van der Waals surface area contributed by atoms with E-state index >= 15 is 0 Å². The molecule has 0 radical (unpaired) electrons. The van der Waals surface area contributed by atoms with Crippen LogP contribution in [0.2, 0.25) is 0 Å². The van der Waals surface area contributed by atoms with Gasteiger partial charge in [0.25, 0.3) is 0 Å². The van der Waals surface area contributed by atoms with Gasteiger partial charge in [-0.2, -0.15) is 0 Å². The average Bonchev–Trinajstić information content (AvgIpc) is 2.69. The fourth-order valence-electron chi connectivity index (χ4n) is 2.56. The third kappa shape index (κ3) is 1.43. The zero-order valence-electron chi connectivity index (χ0n) is 9.49. The molecule has 16 heavy (non-hydrogen) atoms. The van der Waals surface area contributed by atoms with Crippen molar-refractivity contribution in [3.63, 3.8) is 0 Å². The summed E-state index contributed by atoms with van der Waals surface area (Å²) in [5.74, 6) is 0.426. The Morgan fingerprint density at radius 1 is 1.25 bits per heavy atom. The second kappa shape index (κ2) is 3.75. The summed E-state index contributed by atoms with van der Waals surface area (Å²) in [7, 11) is 1.68. The Labute approximate surface area is 95.3 Å². The molecule has 1 aromatic rings. The Balaban J connectivity index is 1.98. The largest absolute Gasteiger partial charge is 0.497 e. The van der Waals surface area contributed by atoms with Gasteiger partial charge in [-0.15, -0.1) is 0 Å². The van der Waals surface area contributed by atoms with Crippen molar-refractivity contribution in [2.24, 2.45) is 0 Å². The first-order chi connectivity index (χ1) is 7.84. The molecule has 2 heterocycles. The molecule has 1 unspecified atom stereocenters. The lowest BCUT2D eigenvalue weighted by atomic mass is 9.96. The molecule has 3 heteroatoms. The lowest BCUT2D eigenvalue weighted by Gasteiger charge is -2.33. The van der Waals surface area contributed by atoms with Crippen LogP contribution < -0.4 is 4.74 Å². The molecule has 0 aromatic heterocycles. The molecule has 1 fully saturated rings. The summed E-state index contributed by atoms with van der Waals surface area (Å²) >= 11 is 0. The van der Waals surface area contributed by atoms with Gasteiger partial charge in [0.1, 0.15) is 5.75 Å². The van der Waals surface area contributed by atoms with E-state index in [2.05, 4.69) is 6.07 Å². The second-order valence-electron chi connectivity index (χ2n) is 4.37. The molecule has 1 aromatic carbocycles. The first-order valence-corrected chi connectivity index (χ1v) is 5.79. The zero-order chi connectivity index (χ0) is 11.0. The highest BCUT2D eigenvalue weighted by molar-refractivity contribution is 5.40. The van der Waals surface area contributed by atoms with Gasteiger partial charge in [0.2, 0.25) is 0 Å². The summed E-state index contributed by atoms with van der Waals surface area (Å²) < 4.78 is 17.0. The Hall–Kier alpha value is -1.06. The lowest BCUT2D eigenvalue weighted by molar-refractivity contribution is -0.257. The van der Waals surface area contributed by atoms with Crippen LogP contribution >= 0.6 is 0 Å². The van der Waals surface area contributed by atoms with Crippen molar-refractivity contribution in [2.45, 2.75) is 31.7 Å². The first kappa shape index (κ1) is 10.1. The average molecular weight is 220 g/mol. The fourth-order valence-corrected chi connectivity index (χ4v) is 2.56. The van der Waals surface area contributed by atoms with Gasteiger partial charge in [-0.05, 0) is 36.6 Å². The summed E-state index contributed by atoms with van der Waals surface area (Å²) in [6, 6.07) is 6.10. The van der Waals surface area contributed by atoms with Crippen molar-refractivity contribution in [3.05, 3.63) is 29.3 Å². The normalized spacial score (nSPS) is 28.1. The minimum atomic E-state index is -0.458. The maximum absolute atomic E-state index is 5.87. The molecule has 1 spiro atoms. The van der Waals surface area contributed by atoms with Crippen molar-refractivity contribution < 1.29 is 14.2 Å². The van der Waals surface area contributed by atoms with E-state index in [0.717, 1.165) is 25.2 Å². The van der Waals surface area contributed by atoms with E-state index in [1.54, 1.807) is 7.11 Å². The predicted molar refractivity (Wildman–Crippen MR) is 59.3 cm³/mol. The fraction of sp³-hybridized carbons (Fsp3) is 0.538. The molecule has 86 valence electrons. The van der Waals surface area contributed by atoms with Crippen LogP contribution in [0.5, 0.6) is 5.75 Å². The van der Waals surface area contributed by atoms with Gasteiger partial charge < -0.3 is 14.2 Å². The number of benzene rings is 1. The molecule has 3 rings (SSSR count). The van der Waals surface area contributed by atoms with E-state index in [1.165, 1.54) is 17.5 Å². The maximum Gasteiger partial charge on any atom is 0.195 e. The van der Waals surface area contributed by atoms with E-state index in [-0.39, 0.29) is 0 Å². The molecule has 1 atom stereocenters. The zero-order valence-corrected chi connectivity index (χ0v) is 9.49. The van der Waals surface area contributed by atoms with E-state index in [9.17, 15) is 0 Å². The Morgan fingerprint density at radius 3 is 2.94 bits per heavy atom. The summed E-state index contributed by atoms with van der Waals surface area (Å²) in [4.78, 5) is 0. The third-order valence-corrected chi connectivity index (χ3v) is 3.42. The molecule has 0 saturated carbocycles. The Kier molecular flexibility index (Phi) is 2.37. The minimum Gasteiger partial charge on any atom is -0.497 e. The lowest BCUT2D eigenvalue weighted by Crippen LogP contribution is -2.32. The number of rotatable bonds is 1. The van der Waals surface area contributed by atoms with E-state index in [4.69, 9.17) is 14.2 Å². The maximum atomic E-state index is 5.87. The number of methoxy groups -OCH3 is 1. The van der Waals surface area contributed by atoms with Crippen LogP contribution in [0.4, 0.5) is 0 Å². The SMILES string of the molecule is COc1ccc2c(c1)COC21CCCCO1. The van der Waals surface area contributed by atoms with Crippen LogP contribution in [0, 0.1) is 0 Å². The molecular weight excluding hydrogens is 204 g/mol. The number of hydrogen-bond acceptors (Lipinski definition) is 3. The van der Waals surface area contributed by atoms with Crippen molar-refractivity contribution in [3.8, 4) is 5.75 Å². The first-order valence-electron chi connectivity index (χ1n) is 5.79. The van der Waals surface area contributed by atoms with Crippen LogP contribution in [-0.2, 0) is 21.9 Å². The highest BCUT2D eigenvalue weighted by Crippen LogP contribution is 2.44. The van der Waals surface area contributed by atoms with Gasteiger partial charge in [0, 0.05) is 12.0 Å². The van der Waals surface area contributed by atoms with Gasteiger partial charge in [0.05, 0.1) is 20.3 Å². The van der Waals surface area contributed by atoms with Gasteiger partial charge >= 0.3 is 0 Å². The van der Waals surface area contributed by atoms with Crippen molar-refractivity contribution in [2.75, 3.05) is 13.7 Å². The second-order valence-corrected chi connectivity index (χ2v) is 4.37. The van der Waals surface area contributed by atoms with Gasteiger partial charge in [0.15, 0.2) is 5.79 Å². The molecule has 0 N–H and O–H groups in total. The van der Waals surface area contributed by atoms with Gasteiger partial charge in [-0.3, -0.25) is 0 Å². The molecule has 2 aliphatic heterocycles. The molecule has 0 aliphatic carbocycles. The molecule has 3 nitrogen and oxygen atoms in total.